The second-order valence-corrected chi connectivity index (χ2v) is 6.08. The molecule has 0 radical (unpaired) electrons. The molecule has 6 nitrogen and oxygen atoms in total. The largest absolute Gasteiger partial charge is 0.458 e. The zero-order chi connectivity index (χ0) is 15.3. The Labute approximate surface area is 119 Å². The van der Waals surface area contributed by atoms with Gasteiger partial charge in [0.1, 0.15) is 11.6 Å². The lowest BCUT2D eigenvalue weighted by molar-refractivity contribution is -0.160. The number of hydrogen-bond donors (Lipinski definition) is 2. The third kappa shape index (κ3) is 5.42. The van der Waals surface area contributed by atoms with Gasteiger partial charge in [-0.25, -0.2) is 4.79 Å². The normalized spacial score (nSPS) is 13.1. The van der Waals surface area contributed by atoms with E-state index in [-0.39, 0.29) is 18.2 Å². The fourth-order valence-electron chi connectivity index (χ4n) is 1.64. The smallest absolute Gasteiger partial charge is 0.329 e. The molecule has 1 amide bonds. The topological polar surface area (TPSA) is 84.1 Å². The van der Waals surface area contributed by atoms with Crippen LogP contribution in [0, 0.1) is 5.92 Å². The number of esters is 1. The van der Waals surface area contributed by atoms with E-state index in [2.05, 4.69) is 15.5 Å². The molecule has 0 spiro atoms. The summed E-state index contributed by atoms with van der Waals surface area (Å²) in [5.74, 6) is -0.695. The minimum absolute atomic E-state index is 0.0458. The van der Waals surface area contributed by atoms with Crippen molar-refractivity contribution < 1.29 is 14.3 Å². The van der Waals surface area contributed by atoms with Crippen LogP contribution in [0.3, 0.4) is 0 Å². The second kappa shape index (κ2) is 6.54. The lowest BCUT2D eigenvalue weighted by Gasteiger charge is -2.26. The van der Waals surface area contributed by atoms with Crippen molar-refractivity contribution in [3.63, 3.8) is 0 Å². The fraction of sp³-hybridized carbons (Fsp3) is 0.643. The van der Waals surface area contributed by atoms with Gasteiger partial charge in [0.25, 0.3) is 0 Å². The summed E-state index contributed by atoms with van der Waals surface area (Å²) in [6.07, 6.45) is 1.74. The van der Waals surface area contributed by atoms with Crippen LogP contribution < -0.4 is 5.32 Å². The van der Waals surface area contributed by atoms with Crippen LogP contribution in [0.25, 0.3) is 0 Å². The minimum Gasteiger partial charge on any atom is -0.458 e. The van der Waals surface area contributed by atoms with Crippen LogP contribution in [0.2, 0.25) is 0 Å². The minimum atomic E-state index is -0.648. The van der Waals surface area contributed by atoms with Crippen LogP contribution in [0.5, 0.6) is 0 Å². The van der Waals surface area contributed by atoms with Gasteiger partial charge in [-0.1, -0.05) is 13.8 Å². The second-order valence-electron chi connectivity index (χ2n) is 6.08. The van der Waals surface area contributed by atoms with Gasteiger partial charge in [-0.3, -0.25) is 9.89 Å². The van der Waals surface area contributed by atoms with E-state index in [4.69, 9.17) is 4.74 Å². The Morgan fingerprint density at radius 3 is 2.50 bits per heavy atom. The van der Waals surface area contributed by atoms with Gasteiger partial charge in [-0.2, -0.15) is 5.10 Å². The van der Waals surface area contributed by atoms with E-state index in [9.17, 15) is 9.59 Å². The van der Waals surface area contributed by atoms with Crippen LogP contribution in [-0.4, -0.2) is 33.7 Å². The Bertz CT molecular complexity index is 447. The average Bonchev–Trinajstić information content (AvgIpc) is 2.75. The van der Waals surface area contributed by atoms with Crippen molar-refractivity contribution in [3.8, 4) is 0 Å². The SMILES string of the molecule is CC(C)[C@H](NC(=O)Cc1ccn[nH]1)C(=O)OC(C)(C)C. The summed E-state index contributed by atoms with van der Waals surface area (Å²) in [5, 5.41) is 9.20. The standard InChI is InChI=1S/C14H23N3O3/c1-9(2)12(13(19)20-14(3,4)5)16-11(18)8-10-6-7-15-17-10/h6-7,9,12H,8H2,1-5H3,(H,15,17)(H,16,18)/t12-/m0/s1. The molecular formula is C14H23N3O3. The molecule has 0 bridgehead atoms. The van der Waals surface area contributed by atoms with Crippen molar-refractivity contribution in [1.82, 2.24) is 15.5 Å². The molecule has 2 N–H and O–H groups in total. The molecule has 1 atom stereocenters. The number of nitrogens with one attached hydrogen (secondary N) is 2. The molecule has 0 aromatic carbocycles. The first-order valence-corrected chi connectivity index (χ1v) is 6.69. The maximum Gasteiger partial charge on any atom is 0.329 e. The lowest BCUT2D eigenvalue weighted by atomic mass is 10.0. The molecular weight excluding hydrogens is 258 g/mol. The van der Waals surface area contributed by atoms with E-state index in [1.165, 1.54) is 0 Å². The van der Waals surface area contributed by atoms with E-state index in [1.54, 1.807) is 33.0 Å². The number of ether oxygens (including phenoxy) is 1. The number of aromatic nitrogens is 2. The first-order chi connectivity index (χ1) is 9.19. The maximum absolute atomic E-state index is 12.1. The van der Waals surface area contributed by atoms with E-state index < -0.39 is 17.6 Å². The summed E-state index contributed by atoms with van der Waals surface area (Å²) in [6, 6.07) is 1.07. The van der Waals surface area contributed by atoms with E-state index >= 15 is 0 Å². The molecule has 0 unspecified atom stereocenters. The van der Waals surface area contributed by atoms with Crippen molar-refractivity contribution in [2.24, 2.45) is 5.92 Å². The van der Waals surface area contributed by atoms with Crippen LogP contribution in [0.1, 0.15) is 40.3 Å². The quantitative estimate of drug-likeness (QED) is 0.800. The third-order valence-electron chi connectivity index (χ3n) is 2.55. The molecule has 1 rings (SSSR count). The summed E-state index contributed by atoms with van der Waals surface area (Å²) in [7, 11) is 0. The highest BCUT2D eigenvalue weighted by atomic mass is 16.6. The Morgan fingerprint density at radius 2 is 2.05 bits per heavy atom. The molecule has 20 heavy (non-hydrogen) atoms. The molecule has 0 aliphatic carbocycles. The highest BCUT2D eigenvalue weighted by Gasteiger charge is 2.29. The van der Waals surface area contributed by atoms with Gasteiger partial charge in [0.2, 0.25) is 5.91 Å². The Morgan fingerprint density at radius 1 is 1.40 bits per heavy atom. The van der Waals surface area contributed by atoms with Gasteiger partial charge in [-0.15, -0.1) is 0 Å². The molecule has 0 aliphatic rings. The van der Waals surface area contributed by atoms with Crippen molar-refractivity contribution in [1.29, 1.82) is 0 Å². The molecule has 0 fully saturated rings. The molecule has 1 aromatic heterocycles. The number of H-pyrrole nitrogens is 1. The summed E-state index contributed by atoms with van der Waals surface area (Å²) < 4.78 is 5.32. The first-order valence-electron chi connectivity index (χ1n) is 6.69. The number of aromatic amines is 1. The van der Waals surface area contributed by atoms with Gasteiger partial charge in [-0.05, 0) is 32.8 Å². The maximum atomic E-state index is 12.1. The zero-order valence-corrected chi connectivity index (χ0v) is 12.7. The van der Waals surface area contributed by atoms with E-state index in [0.717, 1.165) is 0 Å². The fourth-order valence-corrected chi connectivity index (χ4v) is 1.64. The molecule has 1 aromatic rings. The third-order valence-corrected chi connectivity index (χ3v) is 2.55. The van der Waals surface area contributed by atoms with E-state index in [0.29, 0.717) is 5.69 Å². The first kappa shape index (κ1) is 16.2. The van der Waals surface area contributed by atoms with Crippen molar-refractivity contribution in [3.05, 3.63) is 18.0 Å². The van der Waals surface area contributed by atoms with Crippen LogP contribution >= 0.6 is 0 Å². The van der Waals surface area contributed by atoms with E-state index in [1.807, 2.05) is 13.8 Å². The van der Waals surface area contributed by atoms with Crippen LogP contribution in [-0.2, 0) is 20.7 Å². The highest BCUT2D eigenvalue weighted by molar-refractivity contribution is 5.85. The molecule has 0 saturated heterocycles. The number of carbonyl (C=O) groups is 2. The molecule has 6 heteroatoms. The van der Waals surface area contributed by atoms with Gasteiger partial charge in [0.15, 0.2) is 0 Å². The van der Waals surface area contributed by atoms with Crippen LogP contribution in [0.15, 0.2) is 12.3 Å². The monoisotopic (exact) mass is 281 g/mol. The highest BCUT2D eigenvalue weighted by Crippen LogP contribution is 2.12. The van der Waals surface area contributed by atoms with Crippen molar-refractivity contribution >= 4 is 11.9 Å². The number of hydrogen-bond acceptors (Lipinski definition) is 4. The Balaban J connectivity index is 2.63. The zero-order valence-electron chi connectivity index (χ0n) is 12.7. The van der Waals surface area contributed by atoms with Gasteiger partial charge >= 0.3 is 5.97 Å². The Kier molecular flexibility index (Phi) is 5.30. The predicted octanol–water partition coefficient (Wildman–Crippen LogP) is 1.43. The summed E-state index contributed by atoms with van der Waals surface area (Å²) in [6.45, 7) is 9.13. The number of nitrogens with zero attached hydrogens (tertiary/aromatic N) is 1. The summed E-state index contributed by atoms with van der Waals surface area (Å²) >= 11 is 0. The Hall–Kier alpha value is -1.85. The summed E-state index contributed by atoms with van der Waals surface area (Å²) in [4.78, 5) is 24.0. The lowest BCUT2D eigenvalue weighted by Crippen LogP contribution is -2.47. The molecule has 0 aliphatic heterocycles. The van der Waals surface area contributed by atoms with Gasteiger partial charge in [0, 0.05) is 11.9 Å². The summed E-state index contributed by atoms with van der Waals surface area (Å²) in [5.41, 5.74) is 0.132. The number of carbonyl (C=O) groups excluding carboxylic acids is 2. The van der Waals surface area contributed by atoms with Gasteiger partial charge < -0.3 is 10.1 Å². The van der Waals surface area contributed by atoms with Crippen LogP contribution in [0.4, 0.5) is 0 Å². The van der Waals surface area contributed by atoms with Crippen molar-refractivity contribution in [2.45, 2.75) is 52.7 Å². The average molecular weight is 281 g/mol. The molecule has 1 heterocycles. The molecule has 112 valence electrons. The number of rotatable bonds is 5. The predicted molar refractivity (Wildman–Crippen MR) is 74.9 cm³/mol. The van der Waals surface area contributed by atoms with Crippen molar-refractivity contribution in [2.75, 3.05) is 0 Å². The van der Waals surface area contributed by atoms with Gasteiger partial charge in [0.05, 0.1) is 6.42 Å². The number of amides is 1. The molecule has 0 saturated carbocycles.